The van der Waals surface area contributed by atoms with Crippen molar-refractivity contribution >= 4 is 21.8 Å². The third-order valence-corrected chi connectivity index (χ3v) is 6.95. The summed E-state index contributed by atoms with van der Waals surface area (Å²) in [5.74, 6) is -0.799. The molecule has 9 heteroatoms. The average Bonchev–Trinajstić information content (AvgIpc) is 2.77. The van der Waals surface area contributed by atoms with Crippen molar-refractivity contribution < 1.29 is 32.2 Å². The fourth-order valence-electron chi connectivity index (χ4n) is 3.45. The Hall–Kier alpha value is -2.91. The zero-order valence-corrected chi connectivity index (χ0v) is 20.2. The van der Waals surface area contributed by atoms with Crippen LogP contribution in [0.3, 0.4) is 0 Å². The minimum Gasteiger partial charge on any atom is -0.486 e. The van der Waals surface area contributed by atoms with Crippen molar-refractivity contribution in [2.24, 2.45) is 5.92 Å². The molecule has 33 heavy (non-hydrogen) atoms. The van der Waals surface area contributed by atoms with E-state index in [9.17, 15) is 18.0 Å². The van der Waals surface area contributed by atoms with Crippen molar-refractivity contribution in [3.63, 3.8) is 0 Å². The maximum atomic E-state index is 12.9. The lowest BCUT2D eigenvalue weighted by molar-refractivity contribution is -0.145. The van der Waals surface area contributed by atoms with Gasteiger partial charge in [-0.05, 0) is 61.6 Å². The summed E-state index contributed by atoms with van der Waals surface area (Å²) in [4.78, 5) is 25.3. The van der Waals surface area contributed by atoms with Gasteiger partial charge in [-0.1, -0.05) is 19.9 Å². The van der Waals surface area contributed by atoms with E-state index in [-0.39, 0.29) is 10.7 Å². The van der Waals surface area contributed by atoms with Crippen LogP contribution >= 0.6 is 0 Å². The highest BCUT2D eigenvalue weighted by atomic mass is 32.2. The van der Waals surface area contributed by atoms with Gasteiger partial charge in [0, 0.05) is 11.6 Å². The number of nitrogens with one attached hydrogen (secondary N) is 1. The van der Waals surface area contributed by atoms with E-state index in [1.54, 1.807) is 19.9 Å². The van der Waals surface area contributed by atoms with Crippen LogP contribution in [0.4, 0.5) is 0 Å². The van der Waals surface area contributed by atoms with Gasteiger partial charge in [0.2, 0.25) is 15.8 Å². The smallest absolute Gasteiger partial charge is 0.324 e. The number of fused-ring (bicyclic) bond motifs is 1. The predicted molar refractivity (Wildman–Crippen MR) is 122 cm³/mol. The number of carbonyl (C=O) groups is 2. The van der Waals surface area contributed by atoms with E-state index in [1.165, 1.54) is 18.2 Å². The van der Waals surface area contributed by atoms with Crippen LogP contribution in [0.2, 0.25) is 0 Å². The molecule has 0 saturated carbocycles. The quantitative estimate of drug-likeness (QED) is 0.462. The molecule has 0 bridgehead atoms. The van der Waals surface area contributed by atoms with Gasteiger partial charge in [-0.3, -0.25) is 9.59 Å². The Morgan fingerprint density at radius 3 is 2.27 bits per heavy atom. The Kier molecular flexibility index (Phi) is 7.44. The fourth-order valence-corrected chi connectivity index (χ4v) is 4.80. The van der Waals surface area contributed by atoms with E-state index in [0.29, 0.717) is 30.3 Å². The highest BCUT2D eigenvalue weighted by Crippen LogP contribution is 2.32. The summed E-state index contributed by atoms with van der Waals surface area (Å²) in [5.41, 5.74) is 3.29. The average molecular weight is 476 g/mol. The minimum atomic E-state index is -4.06. The zero-order chi connectivity index (χ0) is 24.3. The molecule has 8 nitrogen and oxygen atoms in total. The number of carbonyl (C=O) groups excluding carboxylic acids is 2. The number of hydrogen-bond donors (Lipinski definition) is 1. The van der Waals surface area contributed by atoms with Crippen molar-refractivity contribution in [2.45, 2.75) is 45.6 Å². The summed E-state index contributed by atoms with van der Waals surface area (Å²) >= 11 is 0. The molecule has 1 heterocycles. The molecule has 0 fully saturated rings. The van der Waals surface area contributed by atoms with Gasteiger partial charge < -0.3 is 14.2 Å². The van der Waals surface area contributed by atoms with Crippen molar-refractivity contribution in [2.75, 3.05) is 19.8 Å². The van der Waals surface area contributed by atoms with Crippen LogP contribution in [0.15, 0.2) is 35.2 Å². The SMILES string of the molecule is Cc1cc(C)c(C(=O)COC(=O)C(NS(=O)(=O)c2ccc3c(c2)OCCO3)C(C)C)cc1C. The van der Waals surface area contributed by atoms with Gasteiger partial charge in [-0.2, -0.15) is 4.72 Å². The summed E-state index contributed by atoms with van der Waals surface area (Å²) in [7, 11) is -4.06. The Labute approximate surface area is 194 Å². The van der Waals surface area contributed by atoms with Gasteiger partial charge in [0.1, 0.15) is 19.3 Å². The lowest BCUT2D eigenvalue weighted by atomic mass is 9.98. The second-order valence-corrected chi connectivity index (χ2v) is 10.1. The molecule has 1 aliphatic rings. The number of ether oxygens (including phenoxy) is 3. The van der Waals surface area contributed by atoms with Crippen LogP contribution < -0.4 is 14.2 Å². The molecule has 0 radical (unpaired) electrons. The summed E-state index contributed by atoms with van der Waals surface area (Å²) in [6, 6.07) is 6.75. The third-order valence-electron chi connectivity index (χ3n) is 5.51. The first-order chi connectivity index (χ1) is 15.5. The molecular formula is C24H29NO7S. The number of benzene rings is 2. The number of esters is 1. The number of aryl methyl sites for hydroxylation is 3. The van der Waals surface area contributed by atoms with Crippen molar-refractivity contribution in [3.05, 3.63) is 52.6 Å². The van der Waals surface area contributed by atoms with Gasteiger partial charge in [0.15, 0.2) is 18.1 Å². The van der Waals surface area contributed by atoms with Crippen molar-refractivity contribution in [1.82, 2.24) is 4.72 Å². The van der Waals surface area contributed by atoms with Crippen LogP contribution in [0.25, 0.3) is 0 Å². The van der Waals surface area contributed by atoms with Gasteiger partial charge in [-0.15, -0.1) is 0 Å². The molecule has 0 spiro atoms. The molecule has 178 valence electrons. The summed E-state index contributed by atoms with van der Waals surface area (Å²) in [5, 5.41) is 0. The standard InChI is InChI=1S/C24H29NO7S/c1-14(2)23(24(27)32-13-20(26)19-11-16(4)15(3)10-17(19)5)25-33(28,29)18-6-7-21-22(12-18)31-9-8-30-21/h6-7,10-12,14,23,25H,8-9,13H2,1-5H3. The van der Waals surface area contributed by atoms with Crippen LogP contribution in [-0.2, 0) is 19.6 Å². The fraction of sp³-hybridized carbons (Fsp3) is 0.417. The summed E-state index contributed by atoms with van der Waals surface area (Å²) < 4.78 is 44.3. The number of sulfonamides is 1. The van der Waals surface area contributed by atoms with Crippen molar-refractivity contribution in [1.29, 1.82) is 0 Å². The predicted octanol–water partition coefficient (Wildman–Crippen LogP) is 3.11. The minimum absolute atomic E-state index is 0.0629. The number of rotatable bonds is 8. The van der Waals surface area contributed by atoms with E-state index in [1.807, 2.05) is 26.8 Å². The Bertz CT molecular complexity index is 1170. The Morgan fingerprint density at radius 1 is 0.970 bits per heavy atom. The molecule has 1 aliphatic heterocycles. The molecule has 2 aromatic carbocycles. The first-order valence-electron chi connectivity index (χ1n) is 10.7. The van der Waals surface area contributed by atoms with Gasteiger partial charge in [-0.25, -0.2) is 8.42 Å². The highest BCUT2D eigenvalue weighted by Gasteiger charge is 2.31. The van der Waals surface area contributed by atoms with E-state index in [2.05, 4.69) is 4.72 Å². The largest absolute Gasteiger partial charge is 0.486 e. The third kappa shape index (κ3) is 5.72. The Balaban J connectivity index is 1.71. The summed E-state index contributed by atoms with van der Waals surface area (Å²) in [6.45, 7) is 9.28. The normalized spacial score (nSPS) is 14.1. The van der Waals surface area contributed by atoms with Gasteiger partial charge in [0.25, 0.3) is 0 Å². The van der Waals surface area contributed by atoms with E-state index < -0.39 is 34.6 Å². The molecule has 1 unspecified atom stereocenters. The molecule has 3 rings (SSSR count). The lowest BCUT2D eigenvalue weighted by Crippen LogP contribution is -2.45. The monoisotopic (exact) mass is 475 g/mol. The topological polar surface area (TPSA) is 108 Å². The van der Waals surface area contributed by atoms with Gasteiger partial charge in [0.05, 0.1) is 4.90 Å². The molecule has 1 atom stereocenters. The maximum absolute atomic E-state index is 12.9. The lowest BCUT2D eigenvalue weighted by Gasteiger charge is -2.22. The van der Waals surface area contributed by atoms with E-state index >= 15 is 0 Å². The van der Waals surface area contributed by atoms with E-state index in [4.69, 9.17) is 14.2 Å². The molecular weight excluding hydrogens is 446 g/mol. The first-order valence-corrected chi connectivity index (χ1v) is 12.2. The number of ketones is 1. The zero-order valence-electron chi connectivity index (χ0n) is 19.4. The number of Topliss-reactive ketones (excluding diaryl/α,β-unsaturated/α-hetero) is 1. The number of hydrogen-bond acceptors (Lipinski definition) is 7. The molecule has 0 aliphatic carbocycles. The first kappa shape index (κ1) is 24.7. The molecule has 0 saturated heterocycles. The van der Waals surface area contributed by atoms with Crippen LogP contribution in [0.5, 0.6) is 11.5 Å². The van der Waals surface area contributed by atoms with E-state index in [0.717, 1.165) is 16.7 Å². The maximum Gasteiger partial charge on any atom is 0.324 e. The molecule has 2 aromatic rings. The molecule has 0 amide bonds. The second-order valence-electron chi connectivity index (χ2n) is 8.43. The van der Waals surface area contributed by atoms with Crippen LogP contribution in [-0.4, -0.2) is 46.0 Å². The van der Waals surface area contributed by atoms with Crippen LogP contribution in [0.1, 0.15) is 40.9 Å². The highest BCUT2D eigenvalue weighted by molar-refractivity contribution is 7.89. The van der Waals surface area contributed by atoms with Crippen LogP contribution in [0, 0.1) is 26.7 Å². The second kappa shape index (κ2) is 9.93. The van der Waals surface area contributed by atoms with Crippen molar-refractivity contribution in [3.8, 4) is 11.5 Å². The molecule has 1 N–H and O–H groups in total. The molecule has 0 aromatic heterocycles. The summed E-state index contributed by atoms with van der Waals surface area (Å²) in [6.07, 6.45) is 0. The Morgan fingerprint density at radius 2 is 1.61 bits per heavy atom. The van der Waals surface area contributed by atoms with Gasteiger partial charge >= 0.3 is 5.97 Å².